The maximum atomic E-state index is 12.4. The standard InChI is InChI=1S/C19H20N2O4S/c1-26(24,25)17-9-7-16(8-10-17)20-18(22)19(23)21-12-11-15(13-21)14-5-3-2-4-6-14/h2-10,15H,11-13H2,1H3,(H,20,22). The van der Waals surface area contributed by atoms with Crippen LogP contribution in [0.3, 0.4) is 0 Å². The molecule has 0 saturated carbocycles. The molecular formula is C19H20N2O4S. The van der Waals surface area contributed by atoms with Gasteiger partial charge in [-0.1, -0.05) is 30.3 Å². The van der Waals surface area contributed by atoms with Gasteiger partial charge in [-0.3, -0.25) is 9.59 Å². The summed E-state index contributed by atoms with van der Waals surface area (Å²) in [5, 5.41) is 2.53. The van der Waals surface area contributed by atoms with Crippen molar-refractivity contribution in [2.75, 3.05) is 24.7 Å². The van der Waals surface area contributed by atoms with Crippen LogP contribution in [-0.2, 0) is 19.4 Å². The second kappa shape index (κ2) is 7.29. The predicted molar refractivity (Wildman–Crippen MR) is 98.6 cm³/mol. The van der Waals surface area contributed by atoms with Crippen LogP contribution in [-0.4, -0.2) is 44.5 Å². The number of rotatable bonds is 3. The number of benzene rings is 2. The van der Waals surface area contributed by atoms with Crippen LogP contribution in [0.5, 0.6) is 0 Å². The van der Waals surface area contributed by atoms with Gasteiger partial charge in [-0.15, -0.1) is 0 Å². The van der Waals surface area contributed by atoms with Crippen molar-refractivity contribution in [1.29, 1.82) is 0 Å². The van der Waals surface area contributed by atoms with Crippen molar-refractivity contribution in [1.82, 2.24) is 4.90 Å². The highest BCUT2D eigenvalue weighted by molar-refractivity contribution is 7.90. The van der Waals surface area contributed by atoms with E-state index >= 15 is 0 Å². The number of hydrogen-bond donors (Lipinski definition) is 1. The SMILES string of the molecule is CS(=O)(=O)c1ccc(NC(=O)C(=O)N2CCC(c3ccccc3)C2)cc1. The Morgan fingerprint density at radius 3 is 2.31 bits per heavy atom. The molecular weight excluding hydrogens is 352 g/mol. The lowest BCUT2D eigenvalue weighted by Gasteiger charge is -2.16. The van der Waals surface area contributed by atoms with Crippen LogP contribution < -0.4 is 5.32 Å². The molecule has 1 aliphatic heterocycles. The first kappa shape index (κ1) is 18.1. The lowest BCUT2D eigenvalue weighted by Crippen LogP contribution is -2.38. The van der Waals surface area contributed by atoms with Gasteiger partial charge in [0.15, 0.2) is 9.84 Å². The van der Waals surface area contributed by atoms with E-state index < -0.39 is 21.7 Å². The third kappa shape index (κ3) is 4.11. The molecule has 1 N–H and O–H groups in total. The maximum Gasteiger partial charge on any atom is 0.313 e. The molecule has 1 heterocycles. The van der Waals surface area contributed by atoms with Crippen LogP contribution >= 0.6 is 0 Å². The average molecular weight is 372 g/mol. The van der Waals surface area contributed by atoms with Gasteiger partial charge in [-0.25, -0.2) is 8.42 Å². The number of carbonyl (C=O) groups is 2. The third-order valence-electron chi connectivity index (χ3n) is 4.48. The number of amides is 2. The van der Waals surface area contributed by atoms with Gasteiger partial charge in [-0.2, -0.15) is 0 Å². The number of carbonyl (C=O) groups excluding carboxylic acids is 2. The topological polar surface area (TPSA) is 83.5 Å². The number of nitrogens with zero attached hydrogens (tertiary/aromatic N) is 1. The molecule has 1 atom stereocenters. The number of hydrogen-bond acceptors (Lipinski definition) is 4. The lowest BCUT2D eigenvalue weighted by molar-refractivity contribution is -0.142. The van der Waals surface area contributed by atoms with E-state index in [9.17, 15) is 18.0 Å². The maximum absolute atomic E-state index is 12.4. The molecule has 3 rings (SSSR count). The van der Waals surface area contributed by atoms with Crippen molar-refractivity contribution in [2.45, 2.75) is 17.2 Å². The summed E-state index contributed by atoms with van der Waals surface area (Å²) in [4.78, 5) is 26.3. The second-order valence-electron chi connectivity index (χ2n) is 6.40. The number of sulfone groups is 1. The average Bonchev–Trinajstić information content (AvgIpc) is 3.11. The van der Waals surface area contributed by atoms with Crippen molar-refractivity contribution >= 4 is 27.3 Å². The van der Waals surface area contributed by atoms with Crippen LogP contribution in [0, 0.1) is 0 Å². The Bertz CT molecular complexity index is 908. The van der Waals surface area contributed by atoms with E-state index in [1.807, 2.05) is 30.3 Å². The summed E-state index contributed by atoms with van der Waals surface area (Å²) < 4.78 is 22.9. The van der Waals surface area contributed by atoms with Crippen LogP contribution in [0.25, 0.3) is 0 Å². The zero-order valence-corrected chi connectivity index (χ0v) is 15.2. The molecule has 2 aromatic carbocycles. The molecule has 7 heteroatoms. The molecule has 1 unspecified atom stereocenters. The quantitative estimate of drug-likeness (QED) is 0.836. The molecule has 26 heavy (non-hydrogen) atoms. The Hall–Kier alpha value is -2.67. The van der Waals surface area contributed by atoms with Crippen molar-refractivity contribution in [3.8, 4) is 0 Å². The van der Waals surface area contributed by atoms with Crippen LogP contribution in [0.15, 0.2) is 59.5 Å². The Kier molecular flexibility index (Phi) is 5.08. The third-order valence-corrected chi connectivity index (χ3v) is 5.61. The minimum absolute atomic E-state index is 0.159. The van der Waals surface area contributed by atoms with Gasteiger partial charge in [0.25, 0.3) is 0 Å². The molecule has 1 fully saturated rings. The Morgan fingerprint density at radius 2 is 1.69 bits per heavy atom. The summed E-state index contributed by atoms with van der Waals surface area (Å²) in [5.41, 5.74) is 1.55. The summed E-state index contributed by atoms with van der Waals surface area (Å²) in [6.07, 6.45) is 1.94. The highest BCUT2D eigenvalue weighted by atomic mass is 32.2. The van der Waals surface area contributed by atoms with Crippen LogP contribution in [0.4, 0.5) is 5.69 Å². The summed E-state index contributed by atoms with van der Waals surface area (Å²) in [5.74, 6) is -1.05. The van der Waals surface area contributed by atoms with Crippen molar-refractivity contribution < 1.29 is 18.0 Å². The molecule has 1 saturated heterocycles. The van der Waals surface area contributed by atoms with Gasteiger partial charge in [0.2, 0.25) is 0 Å². The first-order chi connectivity index (χ1) is 12.3. The zero-order valence-electron chi connectivity index (χ0n) is 14.4. The fourth-order valence-electron chi connectivity index (χ4n) is 3.06. The first-order valence-electron chi connectivity index (χ1n) is 8.30. The van der Waals surface area contributed by atoms with E-state index in [2.05, 4.69) is 5.32 Å². The molecule has 6 nitrogen and oxygen atoms in total. The minimum atomic E-state index is -3.30. The molecule has 136 valence electrons. The minimum Gasteiger partial charge on any atom is -0.334 e. The van der Waals surface area contributed by atoms with Crippen molar-refractivity contribution in [2.24, 2.45) is 0 Å². The van der Waals surface area contributed by atoms with Gasteiger partial charge < -0.3 is 10.2 Å². The zero-order chi connectivity index (χ0) is 18.7. The molecule has 0 spiro atoms. The summed E-state index contributed by atoms with van der Waals surface area (Å²) >= 11 is 0. The Labute approximate surface area is 152 Å². The van der Waals surface area contributed by atoms with E-state index in [4.69, 9.17) is 0 Å². The van der Waals surface area contributed by atoms with E-state index in [0.29, 0.717) is 18.8 Å². The molecule has 0 aliphatic carbocycles. The second-order valence-corrected chi connectivity index (χ2v) is 8.41. The largest absolute Gasteiger partial charge is 0.334 e. The van der Waals surface area contributed by atoms with E-state index in [1.165, 1.54) is 29.8 Å². The molecule has 1 aliphatic rings. The smallest absolute Gasteiger partial charge is 0.313 e. The first-order valence-corrected chi connectivity index (χ1v) is 10.2. The molecule has 0 bridgehead atoms. The van der Waals surface area contributed by atoms with Gasteiger partial charge >= 0.3 is 11.8 Å². The molecule has 0 radical (unpaired) electrons. The predicted octanol–water partition coefficient (Wildman–Crippen LogP) is 2.04. The van der Waals surface area contributed by atoms with Crippen molar-refractivity contribution in [3.63, 3.8) is 0 Å². The highest BCUT2D eigenvalue weighted by Gasteiger charge is 2.30. The Balaban J connectivity index is 1.61. The van der Waals surface area contributed by atoms with Gasteiger partial charge in [0.05, 0.1) is 4.90 Å². The van der Waals surface area contributed by atoms with Crippen LogP contribution in [0.2, 0.25) is 0 Å². The normalized spacial score (nSPS) is 17.1. The van der Waals surface area contributed by atoms with Crippen molar-refractivity contribution in [3.05, 3.63) is 60.2 Å². The monoisotopic (exact) mass is 372 g/mol. The van der Waals surface area contributed by atoms with Gasteiger partial charge in [-0.05, 0) is 36.2 Å². The highest BCUT2D eigenvalue weighted by Crippen LogP contribution is 2.27. The Morgan fingerprint density at radius 1 is 1.04 bits per heavy atom. The van der Waals surface area contributed by atoms with Gasteiger partial charge in [0.1, 0.15) is 0 Å². The number of nitrogens with one attached hydrogen (secondary N) is 1. The van der Waals surface area contributed by atoms with Crippen LogP contribution in [0.1, 0.15) is 17.9 Å². The summed E-state index contributed by atoms with van der Waals surface area (Å²) in [7, 11) is -3.30. The van der Waals surface area contributed by atoms with E-state index in [0.717, 1.165) is 12.7 Å². The molecule has 0 aromatic heterocycles. The fourth-order valence-corrected chi connectivity index (χ4v) is 3.69. The fraction of sp³-hybridized carbons (Fsp3) is 0.263. The lowest BCUT2D eigenvalue weighted by atomic mass is 9.99. The summed E-state index contributed by atoms with van der Waals surface area (Å²) in [6, 6.07) is 15.7. The molecule has 2 amide bonds. The molecule has 2 aromatic rings. The van der Waals surface area contributed by atoms with E-state index in [1.54, 1.807) is 4.90 Å². The number of likely N-dealkylation sites (tertiary alicyclic amines) is 1. The van der Waals surface area contributed by atoms with Gasteiger partial charge in [0, 0.05) is 31.0 Å². The number of anilines is 1. The summed E-state index contributed by atoms with van der Waals surface area (Å²) in [6.45, 7) is 1.06. The van der Waals surface area contributed by atoms with E-state index in [-0.39, 0.29) is 10.8 Å².